The highest BCUT2D eigenvalue weighted by Crippen LogP contribution is 2.35. The minimum atomic E-state index is -0.532. The predicted octanol–water partition coefficient (Wildman–Crippen LogP) is 4.55. The summed E-state index contributed by atoms with van der Waals surface area (Å²) in [7, 11) is 0. The zero-order chi connectivity index (χ0) is 19.9. The van der Waals surface area contributed by atoms with Gasteiger partial charge in [0.05, 0.1) is 9.50 Å². The normalized spacial score (nSPS) is 15.4. The van der Waals surface area contributed by atoms with Crippen LogP contribution in [-0.2, 0) is 4.74 Å². The molecule has 0 N–H and O–H groups in total. The van der Waals surface area contributed by atoms with Crippen molar-refractivity contribution >= 4 is 50.3 Å². The van der Waals surface area contributed by atoms with Crippen LogP contribution in [0.15, 0.2) is 10.5 Å². The monoisotopic (exact) mass is 458 g/mol. The average molecular weight is 460 g/mol. The number of hydrogen-bond donors (Lipinski definition) is 0. The SMILES string of the molecule is Cc1nc(N2CCN(C(=O)OC(C)(C)C)CC2)c2cc(Cl)c(Br)c(F)c2n1. The largest absolute Gasteiger partial charge is 0.444 e. The summed E-state index contributed by atoms with van der Waals surface area (Å²) in [6.07, 6.45) is -0.330. The lowest BCUT2D eigenvalue weighted by atomic mass is 10.2. The van der Waals surface area contributed by atoms with E-state index in [-0.39, 0.29) is 21.1 Å². The van der Waals surface area contributed by atoms with Gasteiger partial charge in [0.1, 0.15) is 22.8 Å². The molecule has 1 aliphatic rings. The second kappa shape index (κ2) is 7.39. The molecule has 0 saturated carbocycles. The summed E-state index contributed by atoms with van der Waals surface area (Å²) in [5, 5.41) is 0.818. The van der Waals surface area contributed by atoms with Crippen LogP contribution >= 0.6 is 27.5 Å². The Balaban J connectivity index is 1.86. The van der Waals surface area contributed by atoms with E-state index in [4.69, 9.17) is 16.3 Å². The number of aryl methyl sites for hydroxylation is 1. The summed E-state index contributed by atoms with van der Waals surface area (Å²) >= 11 is 9.29. The highest BCUT2D eigenvalue weighted by Gasteiger charge is 2.28. The molecule has 1 aromatic heterocycles. The van der Waals surface area contributed by atoms with Crippen LogP contribution in [0.1, 0.15) is 26.6 Å². The molecule has 6 nitrogen and oxygen atoms in total. The first-order valence-corrected chi connectivity index (χ1v) is 9.78. The number of halogens is 3. The third kappa shape index (κ3) is 4.27. The predicted molar refractivity (Wildman–Crippen MR) is 107 cm³/mol. The van der Waals surface area contributed by atoms with Crippen molar-refractivity contribution in [1.29, 1.82) is 0 Å². The second-order valence-electron chi connectivity index (χ2n) is 7.43. The number of piperazine rings is 1. The molecule has 2 heterocycles. The molecule has 1 saturated heterocycles. The molecule has 1 aliphatic heterocycles. The van der Waals surface area contributed by atoms with Crippen molar-refractivity contribution in [1.82, 2.24) is 14.9 Å². The molecule has 2 aromatic rings. The maximum Gasteiger partial charge on any atom is 0.410 e. The van der Waals surface area contributed by atoms with E-state index < -0.39 is 11.4 Å². The third-order valence-electron chi connectivity index (χ3n) is 4.15. The smallest absolute Gasteiger partial charge is 0.410 e. The molecule has 1 amide bonds. The first kappa shape index (κ1) is 20.1. The van der Waals surface area contributed by atoms with E-state index in [2.05, 4.69) is 25.9 Å². The fraction of sp³-hybridized carbons (Fsp3) is 0.500. The quantitative estimate of drug-likeness (QED) is 0.586. The van der Waals surface area contributed by atoms with E-state index in [0.29, 0.717) is 43.2 Å². The van der Waals surface area contributed by atoms with Gasteiger partial charge in [0.15, 0.2) is 5.82 Å². The van der Waals surface area contributed by atoms with Crippen molar-refractivity contribution in [2.24, 2.45) is 0 Å². The summed E-state index contributed by atoms with van der Waals surface area (Å²) in [6.45, 7) is 9.34. The molecular weight excluding hydrogens is 439 g/mol. The molecule has 146 valence electrons. The number of rotatable bonds is 1. The second-order valence-corrected chi connectivity index (χ2v) is 8.63. The number of hydrogen-bond acceptors (Lipinski definition) is 5. The van der Waals surface area contributed by atoms with Crippen molar-refractivity contribution in [2.45, 2.75) is 33.3 Å². The van der Waals surface area contributed by atoms with Gasteiger partial charge in [-0.2, -0.15) is 0 Å². The fourth-order valence-electron chi connectivity index (χ4n) is 2.93. The van der Waals surface area contributed by atoms with E-state index in [1.165, 1.54) is 0 Å². The standard InChI is InChI=1S/C18H21BrClFN4O2/c1-10-22-15-11(9-12(20)13(19)14(15)21)16(23-10)24-5-7-25(8-6-24)17(26)27-18(2,3)4/h9H,5-8H2,1-4H3. The lowest BCUT2D eigenvalue weighted by Gasteiger charge is -2.36. The third-order valence-corrected chi connectivity index (χ3v) is 5.45. The number of carbonyl (C=O) groups is 1. The van der Waals surface area contributed by atoms with Crippen LogP contribution in [0.3, 0.4) is 0 Å². The number of anilines is 1. The van der Waals surface area contributed by atoms with Crippen LogP contribution < -0.4 is 4.90 Å². The topological polar surface area (TPSA) is 58.6 Å². The van der Waals surface area contributed by atoms with Gasteiger partial charge in [-0.15, -0.1) is 0 Å². The lowest BCUT2D eigenvalue weighted by molar-refractivity contribution is 0.0240. The first-order valence-electron chi connectivity index (χ1n) is 8.61. The van der Waals surface area contributed by atoms with Crippen LogP contribution in [0.25, 0.3) is 10.9 Å². The number of ether oxygens (including phenoxy) is 1. The minimum Gasteiger partial charge on any atom is -0.444 e. The number of nitrogens with zero attached hydrogens (tertiary/aromatic N) is 4. The Morgan fingerprint density at radius 2 is 1.89 bits per heavy atom. The minimum absolute atomic E-state index is 0.190. The molecule has 1 aromatic carbocycles. The van der Waals surface area contributed by atoms with E-state index in [9.17, 15) is 9.18 Å². The Morgan fingerprint density at radius 3 is 2.48 bits per heavy atom. The highest BCUT2D eigenvalue weighted by molar-refractivity contribution is 9.10. The summed E-state index contributed by atoms with van der Waals surface area (Å²) in [5.41, 5.74) is -0.307. The molecule has 9 heteroatoms. The zero-order valence-corrected chi connectivity index (χ0v) is 18.0. The molecule has 1 fully saturated rings. The van der Waals surface area contributed by atoms with Crippen molar-refractivity contribution < 1.29 is 13.9 Å². The summed E-state index contributed by atoms with van der Waals surface area (Å²) < 4.78 is 20.2. The van der Waals surface area contributed by atoms with Gasteiger partial charge in [-0.3, -0.25) is 0 Å². The molecule has 27 heavy (non-hydrogen) atoms. The molecule has 0 radical (unpaired) electrons. The summed E-state index contributed by atoms with van der Waals surface area (Å²) in [4.78, 5) is 24.7. The van der Waals surface area contributed by atoms with E-state index in [1.807, 2.05) is 25.7 Å². The van der Waals surface area contributed by atoms with Gasteiger partial charge in [0.2, 0.25) is 0 Å². The van der Waals surface area contributed by atoms with Crippen molar-refractivity contribution in [2.75, 3.05) is 31.1 Å². The molecule has 3 rings (SSSR count). The Morgan fingerprint density at radius 1 is 1.26 bits per heavy atom. The maximum atomic E-state index is 14.6. The summed E-state index contributed by atoms with van der Waals surface area (Å²) in [5.74, 6) is 0.589. The van der Waals surface area contributed by atoms with E-state index in [1.54, 1.807) is 17.9 Å². The molecule has 0 bridgehead atoms. The Bertz CT molecular complexity index is 895. The Hall–Kier alpha value is -1.67. The van der Waals surface area contributed by atoms with Crippen molar-refractivity contribution in [3.63, 3.8) is 0 Å². The number of benzene rings is 1. The number of amides is 1. The lowest BCUT2D eigenvalue weighted by Crippen LogP contribution is -2.50. The molecule has 0 atom stereocenters. The van der Waals surface area contributed by atoms with Gasteiger partial charge >= 0.3 is 6.09 Å². The molecular formula is C18H21BrClFN4O2. The van der Waals surface area contributed by atoms with E-state index in [0.717, 1.165) is 0 Å². The van der Waals surface area contributed by atoms with Crippen LogP contribution in [0.2, 0.25) is 5.02 Å². The first-order chi connectivity index (χ1) is 12.6. The molecule has 0 unspecified atom stereocenters. The van der Waals surface area contributed by atoms with Gasteiger partial charge in [0.25, 0.3) is 0 Å². The van der Waals surface area contributed by atoms with Gasteiger partial charge < -0.3 is 14.5 Å². The molecule has 0 aliphatic carbocycles. The number of aromatic nitrogens is 2. The van der Waals surface area contributed by atoms with Gasteiger partial charge in [-0.25, -0.2) is 19.2 Å². The van der Waals surface area contributed by atoms with Crippen LogP contribution in [0.4, 0.5) is 15.0 Å². The number of carbonyl (C=O) groups excluding carboxylic acids is 1. The van der Waals surface area contributed by atoms with Gasteiger partial charge in [0, 0.05) is 31.6 Å². The van der Waals surface area contributed by atoms with Crippen LogP contribution in [-0.4, -0.2) is 52.7 Å². The van der Waals surface area contributed by atoms with Crippen LogP contribution in [0, 0.1) is 12.7 Å². The fourth-order valence-corrected chi connectivity index (χ4v) is 3.43. The van der Waals surface area contributed by atoms with Crippen LogP contribution in [0.5, 0.6) is 0 Å². The highest BCUT2D eigenvalue weighted by atomic mass is 79.9. The van der Waals surface area contributed by atoms with Crippen molar-refractivity contribution in [3.8, 4) is 0 Å². The van der Waals surface area contributed by atoms with Crippen molar-refractivity contribution in [3.05, 3.63) is 27.2 Å². The van der Waals surface area contributed by atoms with E-state index >= 15 is 0 Å². The maximum absolute atomic E-state index is 14.6. The Labute approximate surface area is 170 Å². The van der Waals surface area contributed by atoms with Gasteiger partial charge in [-0.1, -0.05) is 11.6 Å². The summed E-state index contributed by atoms with van der Waals surface area (Å²) in [6, 6.07) is 1.67. The number of fused-ring (bicyclic) bond motifs is 1. The molecule has 0 spiro atoms. The van der Waals surface area contributed by atoms with Gasteiger partial charge in [-0.05, 0) is 49.7 Å². The average Bonchev–Trinajstić information content (AvgIpc) is 2.59. The Kier molecular flexibility index (Phi) is 5.49. The zero-order valence-electron chi connectivity index (χ0n) is 15.6.